The van der Waals surface area contributed by atoms with Gasteiger partial charge in [0.1, 0.15) is 12.2 Å². The molecule has 0 radical (unpaired) electrons. The van der Waals surface area contributed by atoms with E-state index in [1.807, 2.05) is 6.92 Å². The Hall–Kier alpha value is -1.96. The average Bonchev–Trinajstić information content (AvgIpc) is 3.21. The van der Waals surface area contributed by atoms with Gasteiger partial charge >= 0.3 is 0 Å². The molecule has 1 saturated heterocycles. The molecule has 0 bridgehead atoms. The maximum Gasteiger partial charge on any atom is 0.194 e. The fraction of sp³-hybridized carbons (Fsp3) is 0.625. The average molecular weight is 347 g/mol. The van der Waals surface area contributed by atoms with Gasteiger partial charge in [-0.05, 0) is 33.6 Å². The summed E-state index contributed by atoms with van der Waals surface area (Å²) in [5.41, 5.74) is 1.10. The van der Waals surface area contributed by atoms with Gasteiger partial charge in [-0.25, -0.2) is 15.0 Å². The van der Waals surface area contributed by atoms with Crippen molar-refractivity contribution >= 4 is 17.3 Å². The Morgan fingerprint density at radius 2 is 2.21 bits per heavy atom. The minimum atomic E-state index is 0.470. The van der Waals surface area contributed by atoms with Crippen LogP contribution in [-0.4, -0.2) is 50.7 Å². The molecule has 3 rings (SSSR count). The standard InChI is InChI=1S/C16H25N7S/c1-4-17-16(18-9-14-11(2)21-12(3)24-14)23-7-5-13(6-8-23)15-19-10-20-22-15/h10,13H,4-9H2,1-3H3,(H,17,18)(H,19,20,22). The number of aromatic amines is 1. The third-order valence-corrected chi connectivity index (χ3v) is 5.38. The third kappa shape index (κ3) is 3.92. The lowest BCUT2D eigenvalue weighted by Gasteiger charge is -2.33. The maximum absolute atomic E-state index is 4.84. The van der Waals surface area contributed by atoms with Crippen LogP contribution >= 0.6 is 11.3 Å². The van der Waals surface area contributed by atoms with E-state index in [1.165, 1.54) is 4.88 Å². The highest BCUT2D eigenvalue weighted by molar-refractivity contribution is 7.11. The molecule has 3 heterocycles. The fourth-order valence-electron chi connectivity index (χ4n) is 3.07. The van der Waals surface area contributed by atoms with Crippen LogP contribution in [0.1, 0.15) is 47.1 Å². The molecule has 0 spiro atoms. The first-order valence-electron chi connectivity index (χ1n) is 8.48. The van der Waals surface area contributed by atoms with E-state index in [1.54, 1.807) is 17.7 Å². The lowest BCUT2D eigenvalue weighted by atomic mass is 9.96. The largest absolute Gasteiger partial charge is 0.357 e. The zero-order chi connectivity index (χ0) is 16.9. The van der Waals surface area contributed by atoms with Gasteiger partial charge in [-0.1, -0.05) is 0 Å². The highest BCUT2D eigenvalue weighted by atomic mass is 32.1. The summed E-state index contributed by atoms with van der Waals surface area (Å²) in [5, 5.41) is 11.5. The number of nitrogens with one attached hydrogen (secondary N) is 2. The van der Waals surface area contributed by atoms with E-state index in [4.69, 9.17) is 4.99 Å². The SMILES string of the molecule is CCNC(=NCc1sc(C)nc1C)N1CCC(c2ncn[nH]2)CC1. The number of aromatic nitrogens is 4. The zero-order valence-electron chi connectivity index (χ0n) is 14.5. The van der Waals surface area contributed by atoms with Crippen molar-refractivity contribution in [3.63, 3.8) is 0 Å². The van der Waals surface area contributed by atoms with Crippen LogP contribution in [0.25, 0.3) is 0 Å². The van der Waals surface area contributed by atoms with E-state index in [9.17, 15) is 0 Å². The number of hydrogen-bond donors (Lipinski definition) is 2. The first kappa shape index (κ1) is 16.9. The van der Waals surface area contributed by atoms with Crippen LogP contribution in [-0.2, 0) is 6.54 Å². The van der Waals surface area contributed by atoms with Gasteiger partial charge in [-0.2, -0.15) is 5.10 Å². The smallest absolute Gasteiger partial charge is 0.194 e. The number of rotatable bonds is 4. The molecule has 1 fully saturated rings. The lowest BCUT2D eigenvalue weighted by Crippen LogP contribution is -2.45. The van der Waals surface area contributed by atoms with Crippen molar-refractivity contribution in [1.29, 1.82) is 0 Å². The normalized spacial score (nSPS) is 16.6. The summed E-state index contributed by atoms with van der Waals surface area (Å²) < 4.78 is 0. The Labute approximate surface area is 146 Å². The predicted molar refractivity (Wildman–Crippen MR) is 96.3 cm³/mol. The molecule has 0 atom stereocenters. The Morgan fingerprint density at radius 3 is 2.79 bits per heavy atom. The van der Waals surface area contributed by atoms with Crippen molar-refractivity contribution in [2.75, 3.05) is 19.6 Å². The number of aryl methyl sites for hydroxylation is 2. The summed E-state index contributed by atoms with van der Waals surface area (Å²) in [6.45, 7) is 9.76. The lowest BCUT2D eigenvalue weighted by molar-refractivity contribution is 0.299. The van der Waals surface area contributed by atoms with Crippen molar-refractivity contribution in [3.8, 4) is 0 Å². The van der Waals surface area contributed by atoms with Gasteiger partial charge in [0.05, 0.1) is 17.2 Å². The molecule has 0 aliphatic carbocycles. The first-order chi connectivity index (χ1) is 11.7. The molecule has 1 aliphatic rings. The molecule has 1 aliphatic heterocycles. The Balaban J connectivity index is 1.63. The van der Waals surface area contributed by atoms with Crippen LogP contribution in [0.4, 0.5) is 0 Å². The van der Waals surface area contributed by atoms with Gasteiger partial charge in [0.15, 0.2) is 5.96 Å². The number of nitrogens with zero attached hydrogens (tertiary/aromatic N) is 5. The van der Waals surface area contributed by atoms with Crippen LogP contribution < -0.4 is 5.32 Å². The van der Waals surface area contributed by atoms with Gasteiger partial charge < -0.3 is 10.2 Å². The maximum atomic E-state index is 4.84. The van der Waals surface area contributed by atoms with E-state index in [0.29, 0.717) is 12.5 Å². The molecule has 0 amide bonds. The zero-order valence-corrected chi connectivity index (χ0v) is 15.4. The number of thiazole rings is 1. The summed E-state index contributed by atoms with van der Waals surface area (Å²) in [7, 11) is 0. The molecular weight excluding hydrogens is 322 g/mol. The van der Waals surface area contributed by atoms with E-state index in [0.717, 1.165) is 55.0 Å². The highest BCUT2D eigenvalue weighted by Crippen LogP contribution is 2.25. The summed E-state index contributed by atoms with van der Waals surface area (Å²) >= 11 is 1.74. The van der Waals surface area contributed by atoms with Gasteiger partial charge in [0.2, 0.25) is 0 Å². The Kier molecular flexibility index (Phi) is 5.44. The van der Waals surface area contributed by atoms with E-state index in [2.05, 4.69) is 44.2 Å². The summed E-state index contributed by atoms with van der Waals surface area (Å²) in [6, 6.07) is 0. The molecule has 2 aromatic heterocycles. The van der Waals surface area contributed by atoms with E-state index in [-0.39, 0.29) is 0 Å². The van der Waals surface area contributed by atoms with Crippen molar-refractivity contribution in [3.05, 3.63) is 27.7 Å². The van der Waals surface area contributed by atoms with Gasteiger partial charge in [-0.3, -0.25) is 5.10 Å². The summed E-state index contributed by atoms with van der Waals surface area (Å²) in [4.78, 5) is 17.2. The molecule has 8 heteroatoms. The molecule has 130 valence electrons. The number of guanidine groups is 1. The van der Waals surface area contributed by atoms with Crippen LogP contribution in [0.15, 0.2) is 11.3 Å². The first-order valence-corrected chi connectivity index (χ1v) is 9.30. The van der Waals surface area contributed by atoms with E-state index >= 15 is 0 Å². The predicted octanol–water partition coefficient (Wildman–Crippen LogP) is 2.22. The second-order valence-corrected chi connectivity index (χ2v) is 7.33. The number of aliphatic imine (C=N–C) groups is 1. The van der Waals surface area contributed by atoms with Gasteiger partial charge in [0, 0.05) is 30.4 Å². The number of hydrogen-bond acceptors (Lipinski definition) is 5. The van der Waals surface area contributed by atoms with Gasteiger partial charge in [0.25, 0.3) is 0 Å². The molecule has 2 aromatic rings. The summed E-state index contributed by atoms with van der Waals surface area (Å²) in [5.74, 6) is 2.48. The van der Waals surface area contributed by atoms with Crippen LogP contribution in [0.2, 0.25) is 0 Å². The Bertz CT molecular complexity index is 669. The number of piperidine rings is 1. The van der Waals surface area contributed by atoms with Crippen LogP contribution in [0.5, 0.6) is 0 Å². The third-order valence-electron chi connectivity index (χ3n) is 4.32. The van der Waals surface area contributed by atoms with Crippen molar-refractivity contribution in [2.24, 2.45) is 4.99 Å². The molecule has 0 unspecified atom stereocenters. The molecule has 7 nitrogen and oxygen atoms in total. The second kappa shape index (κ2) is 7.74. The highest BCUT2D eigenvalue weighted by Gasteiger charge is 2.24. The summed E-state index contributed by atoms with van der Waals surface area (Å²) in [6.07, 6.45) is 3.73. The van der Waals surface area contributed by atoms with Crippen molar-refractivity contribution < 1.29 is 0 Å². The number of H-pyrrole nitrogens is 1. The van der Waals surface area contributed by atoms with E-state index < -0.39 is 0 Å². The fourth-order valence-corrected chi connectivity index (χ4v) is 3.93. The molecule has 0 saturated carbocycles. The minimum absolute atomic E-state index is 0.470. The van der Waals surface area contributed by atoms with Gasteiger partial charge in [-0.15, -0.1) is 11.3 Å². The molecule has 2 N–H and O–H groups in total. The second-order valence-electron chi connectivity index (χ2n) is 6.04. The molecular formula is C16H25N7S. The van der Waals surface area contributed by atoms with Crippen LogP contribution in [0.3, 0.4) is 0 Å². The minimum Gasteiger partial charge on any atom is -0.357 e. The Morgan fingerprint density at radius 1 is 1.42 bits per heavy atom. The van der Waals surface area contributed by atoms with Crippen LogP contribution in [0, 0.1) is 13.8 Å². The quantitative estimate of drug-likeness (QED) is 0.655. The monoisotopic (exact) mass is 347 g/mol. The van der Waals surface area contributed by atoms with Crippen molar-refractivity contribution in [1.82, 2.24) is 30.4 Å². The topological polar surface area (TPSA) is 82.1 Å². The molecule has 24 heavy (non-hydrogen) atoms. The molecule has 0 aromatic carbocycles. The van der Waals surface area contributed by atoms with Crippen molar-refractivity contribution in [2.45, 2.75) is 46.1 Å². The number of likely N-dealkylation sites (tertiary alicyclic amines) is 1.